The predicted molar refractivity (Wildman–Crippen MR) is 87.7 cm³/mol. The van der Waals surface area contributed by atoms with Crippen molar-refractivity contribution < 1.29 is 8.42 Å². The fourth-order valence-electron chi connectivity index (χ4n) is 2.03. The second kappa shape index (κ2) is 5.82. The molecule has 0 aliphatic carbocycles. The molecule has 3 rings (SSSR count). The van der Waals surface area contributed by atoms with Crippen molar-refractivity contribution in [3.05, 3.63) is 65.3 Å². The number of aromatic nitrogens is 1. The van der Waals surface area contributed by atoms with Gasteiger partial charge in [-0.25, -0.2) is 4.83 Å². The molecule has 7 heteroatoms. The van der Waals surface area contributed by atoms with Crippen molar-refractivity contribution in [2.75, 3.05) is 0 Å². The van der Waals surface area contributed by atoms with Crippen LogP contribution in [0.5, 0.6) is 0 Å². The van der Waals surface area contributed by atoms with Gasteiger partial charge in [0, 0.05) is 27.7 Å². The summed E-state index contributed by atoms with van der Waals surface area (Å²) < 4.78 is 24.1. The summed E-state index contributed by atoms with van der Waals surface area (Å²) in [6.07, 6.45) is 3.23. The van der Waals surface area contributed by atoms with E-state index in [2.05, 4.69) is 14.9 Å². The van der Waals surface area contributed by atoms with E-state index in [1.807, 2.05) is 24.3 Å². The number of nitrogens with zero attached hydrogens (tertiary/aromatic N) is 1. The van der Waals surface area contributed by atoms with Crippen LogP contribution in [0.1, 0.15) is 5.56 Å². The van der Waals surface area contributed by atoms with Gasteiger partial charge in [-0.05, 0) is 30.3 Å². The fraction of sp³-hybridized carbons (Fsp3) is 0. The van der Waals surface area contributed by atoms with Crippen LogP contribution in [0.3, 0.4) is 0 Å². The SMILES string of the molecule is O=S(=O)(N/N=C/c1c[nH]c2ccccc12)c1ccc(Cl)cc1. The lowest BCUT2D eigenvalue weighted by Crippen LogP contribution is -2.18. The molecule has 22 heavy (non-hydrogen) atoms. The lowest BCUT2D eigenvalue weighted by molar-refractivity contribution is 0.584. The van der Waals surface area contributed by atoms with Crippen molar-refractivity contribution >= 4 is 38.7 Å². The Hall–Kier alpha value is -2.31. The van der Waals surface area contributed by atoms with E-state index in [1.54, 1.807) is 6.20 Å². The monoisotopic (exact) mass is 333 g/mol. The third kappa shape index (κ3) is 2.98. The van der Waals surface area contributed by atoms with E-state index in [-0.39, 0.29) is 4.90 Å². The highest BCUT2D eigenvalue weighted by Crippen LogP contribution is 2.16. The molecule has 0 unspecified atom stereocenters. The molecule has 0 saturated heterocycles. The molecule has 0 atom stereocenters. The number of benzene rings is 2. The van der Waals surface area contributed by atoms with Gasteiger partial charge in [-0.3, -0.25) is 0 Å². The van der Waals surface area contributed by atoms with Crippen molar-refractivity contribution in [2.24, 2.45) is 5.10 Å². The number of para-hydroxylation sites is 1. The number of fused-ring (bicyclic) bond motifs is 1. The van der Waals surface area contributed by atoms with Gasteiger partial charge in [0.25, 0.3) is 10.0 Å². The first-order valence-electron chi connectivity index (χ1n) is 6.43. The summed E-state index contributed by atoms with van der Waals surface area (Å²) in [5.41, 5.74) is 1.76. The molecular formula is C15H12ClN3O2S. The zero-order valence-corrected chi connectivity index (χ0v) is 12.9. The Bertz CT molecular complexity index is 931. The Labute approximate surface area is 132 Å². The maximum atomic E-state index is 12.1. The Morgan fingerprint density at radius 1 is 1.09 bits per heavy atom. The van der Waals surface area contributed by atoms with Gasteiger partial charge in [-0.1, -0.05) is 29.8 Å². The Kier molecular flexibility index (Phi) is 3.87. The quantitative estimate of drug-likeness (QED) is 0.568. The second-order valence-corrected chi connectivity index (χ2v) is 6.69. The first-order chi connectivity index (χ1) is 10.6. The van der Waals surface area contributed by atoms with Crippen LogP contribution in [0.2, 0.25) is 5.02 Å². The van der Waals surface area contributed by atoms with Crippen LogP contribution in [-0.4, -0.2) is 19.6 Å². The summed E-state index contributed by atoms with van der Waals surface area (Å²) in [5.74, 6) is 0. The molecule has 0 spiro atoms. The topological polar surface area (TPSA) is 74.3 Å². The van der Waals surface area contributed by atoms with Crippen LogP contribution >= 0.6 is 11.6 Å². The van der Waals surface area contributed by atoms with Gasteiger partial charge >= 0.3 is 0 Å². The average Bonchev–Trinajstić information content (AvgIpc) is 2.91. The lowest BCUT2D eigenvalue weighted by atomic mass is 10.2. The van der Waals surface area contributed by atoms with Crippen molar-refractivity contribution in [1.82, 2.24) is 9.82 Å². The number of sulfonamides is 1. The summed E-state index contributed by atoms with van der Waals surface area (Å²) >= 11 is 5.74. The molecule has 0 radical (unpaired) electrons. The van der Waals surface area contributed by atoms with E-state index in [4.69, 9.17) is 11.6 Å². The number of hydrogen-bond acceptors (Lipinski definition) is 3. The van der Waals surface area contributed by atoms with Crippen LogP contribution in [0.4, 0.5) is 0 Å². The number of hydrogen-bond donors (Lipinski definition) is 2. The number of hydrazone groups is 1. The van der Waals surface area contributed by atoms with Crippen molar-refractivity contribution in [1.29, 1.82) is 0 Å². The highest BCUT2D eigenvalue weighted by molar-refractivity contribution is 7.89. The zero-order valence-electron chi connectivity index (χ0n) is 11.3. The molecule has 1 aromatic heterocycles. The number of H-pyrrole nitrogens is 1. The number of nitrogens with one attached hydrogen (secondary N) is 2. The Morgan fingerprint density at radius 2 is 1.82 bits per heavy atom. The van der Waals surface area contributed by atoms with Gasteiger partial charge in [-0.15, -0.1) is 0 Å². The van der Waals surface area contributed by atoms with E-state index in [1.165, 1.54) is 30.5 Å². The molecule has 0 aliphatic rings. The standard InChI is InChI=1S/C15H12ClN3O2S/c16-12-5-7-13(8-6-12)22(20,21)19-18-10-11-9-17-15-4-2-1-3-14(11)15/h1-10,17,19H/b18-10+. The molecule has 2 aromatic carbocycles. The molecule has 1 heterocycles. The molecule has 0 amide bonds. The van der Waals surface area contributed by atoms with Gasteiger partial charge in [0.1, 0.15) is 0 Å². The van der Waals surface area contributed by atoms with Crippen molar-refractivity contribution in [3.63, 3.8) is 0 Å². The zero-order chi connectivity index (χ0) is 15.6. The van der Waals surface area contributed by atoms with Gasteiger partial charge in [0.15, 0.2) is 0 Å². The highest BCUT2D eigenvalue weighted by Gasteiger charge is 2.12. The molecule has 5 nitrogen and oxygen atoms in total. The predicted octanol–water partition coefficient (Wildman–Crippen LogP) is 3.13. The van der Waals surface area contributed by atoms with Crippen LogP contribution in [0, 0.1) is 0 Å². The molecule has 112 valence electrons. The number of aromatic amines is 1. The second-order valence-electron chi connectivity index (χ2n) is 4.60. The highest BCUT2D eigenvalue weighted by atomic mass is 35.5. The lowest BCUT2D eigenvalue weighted by Gasteiger charge is -2.02. The first kappa shape index (κ1) is 14.6. The van der Waals surface area contributed by atoms with Gasteiger partial charge < -0.3 is 4.98 Å². The fourth-order valence-corrected chi connectivity index (χ4v) is 2.95. The van der Waals surface area contributed by atoms with Crippen LogP contribution in [0.25, 0.3) is 10.9 Å². The molecule has 0 aliphatic heterocycles. The van der Waals surface area contributed by atoms with Crippen molar-refractivity contribution in [3.8, 4) is 0 Å². The van der Waals surface area contributed by atoms with Gasteiger partial charge in [0.2, 0.25) is 0 Å². The molecule has 0 fully saturated rings. The molecule has 0 bridgehead atoms. The van der Waals surface area contributed by atoms with Crippen LogP contribution in [-0.2, 0) is 10.0 Å². The largest absolute Gasteiger partial charge is 0.361 e. The summed E-state index contributed by atoms with van der Waals surface area (Å²) in [6.45, 7) is 0. The van der Waals surface area contributed by atoms with Crippen LogP contribution < -0.4 is 4.83 Å². The normalized spacial score (nSPS) is 12.0. The minimum atomic E-state index is -3.70. The molecule has 0 saturated carbocycles. The summed E-state index contributed by atoms with van der Waals surface area (Å²) in [5, 5.41) is 5.26. The number of halogens is 1. The maximum absolute atomic E-state index is 12.1. The number of rotatable bonds is 4. The van der Waals surface area contributed by atoms with Crippen LogP contribution in [0.15, 0.2) is 64.7 Å². The van der Waals surface area contributed by atoms with E-state index >= 15 is 0 Å². The minimum absolute atomic E-state index is 0.105. The Morgan fingerprint density at radius 3 is 2.59 bits per heavy atom. The van der Waals surface area contributed by atoms with Crippen molar-refractivity contribution in [2.45, 2.75) is 4.90 Å². The minimum Gasteiger partial charge on any atom is -0.361 e. The Balaban J connectivity index is 1.80. The third-order valence-electron chi connectivity index (χ3n) is 3.12. The van der Waals surface area contributed by atoms with E-state index in [0.29, 0.717) is 5.02 Å². The van der Waals surface area contributed by atoms with E-state index in [9.17, 15) is 8.42 Å². The van der Waals surface area contributed by atoms with E-state index < -0.39 is 10.0 Å². The smallest absolute Gasteiger partial charge is 0.276 e. The molecule has 2 N–H and O–H groups in total. The summed E-state index contributed by atoms with van der Waals surface area (Å²) in [6, 6.07) is 13.6. The molecular weight excluding hydrogens is 322 g/mol. The summed E-state index contributed by atoms with van der Waals surface area (Å²) in [4.78, 5) is 5.38. The average molecular weight is 334 g/mol. The van der Waals surface area contributed by atoms with E-state index in [0.717, 1.165) is 16.5 Å². The molecule has 3 aromatic rings. The van der Waals surface area contributed by atoms with Gasteiger partial charge in [0.05, 0.1) is 11.1 Å². The third-order valence-corrected chi connectivity index (χ3v) is 4.61. The first-order valence-corrected chi connectivity index (χ1v) is 8.29. The summed E-state index contributed by atoms with van der Waals surface area (Å²) in [7, 11) is -3.70. The maximum Gasteiger partial charge on any atom is 0.276 e. The van der Waals surface area contributed by atoms with Gasteiger partial charge in [-0.2, -0.15) is 13.5 Å².